The number of aromatic amines is 1. The van der Waals surface area contributed by atoms with E-state index in [1.165, 1.54) is 0 Å². The molecular formula is C19H23ClN2O3. The molecular weight excluding hydrogens is 340 g/mol. The second-order valence-electron chi connectivity index (χ2n) is 5.96. The van der Waals surface area contributed by atoms with E-state index in [1.54, 1.807) is 19.1 Å². The van der Waals surface area contributed by atoms with Crippen LogP contribution in [-0.2, 0) is 16.0 Å². The molecule has 134 valence electrons. The molecule has 0 saturated carbocycles. The van der Waals surface area contributed by atoms with Crippen LogP contribution in [0.4, 0.5) is 5.69 Å². The van der Waals surface area contributed by atoms with Gasteiger partial charge in [0.1, 0.15) is 5.69 Å². The molecule has 0 unspecified atom stereocenters. The number of aromatic nitrogens is 1. The maximum Gasteiger partial charge on any atom is 0.355 e. The van der Waals surface area contributed by atoms with Gasteiger partial charge in [0.05, 0.1) is 6.61 Å². The number of benzene rings is 1. The lowest BCUT2D eigenvalue weighted by atomic mass is 10.0. The minimum Gasteiger partial charge on any atom is -0.461 e. The summed E-state index contributed by atoms with van der Waals surface area (Å²) >= 11 is 5.93. The van der Waals surface area contributed by atoms with Gasteiger partial charge in [-0.1, -0.05) is 11.6 Å². The average Bonchev–Trinajstić information content (AvgIpc) is 2.83. The maximum atomic E-state index is 12.2. The number of carbonyl (C=O) groups excluding carboxylic acids is 2. The Balaban J connectivity index is 2.03. The minimum atomic E-state index is -0.365. The van der Waals surface area contributed by atoms with Crippen LogP contribution < -0.4 is 5.32 Å². The fourth-order valence-corrected chi connectivity index (χ4v) is 3.02. The second-order valence-corrected chi connectivity index (χ2v) is 6.39. The Hall–Kier alpha value is -2.27. The number of hydrogen-bond donors (Lipinski definition) is 2. The smallest absolute Gasteiger partial charge is 0.355 e. The van der Waals surface area contributed by atoms with Gasteiger partial charge >= 0.3 is 5.97 Å². The van der Waals surface area contributed by atoms with E-state index in [1.807, 2.05) is 26.8 Å². The number of aryl methyl sites for hydroxylation is 2. The minimum absolute atomic E-state index is 0.0805. The lowest BCUT2D eigenvalue weighted by Crippen LogP contribution is -2.13. The summed E-state index contributed by atoms with van der Waals surface area (Å²) in [4.78, 5) is 27.2. The van der Waals surface area contributed by atoms with E-state index in [0.717, 1.165) is 28.1 Å². The molecule has 0 aliphatic heterocycles. The molecule has 0 bridgehead atoms. The highest BCUT2D eigenvalue weighted by Gasteiger charge is 2.18. The summed E-state index contributed by atoms with van der Waals surface area (Å²) in [5.74, 6) is -0.446. The normalized spacial score (nSPS) is 10.6. The Morgan fingerprint density at radius 1 is 1.24 bits per heavy atom. The number of ether oxygens (including phenoxy) is 1. The van der Waals surface area contributed by atoms with Gasteiger partial charge in [0.25, 0.3) is 0 Å². The van der Waals surface area contributed by atoms with E-state index in [-0.39, 0.29) is 11.9 Å². The van der Waals surface area contributed by atoms with Crippen LogP contribution in [0.25, 0.3) is 0 Å². The van der Waals surface area contributed by atoms with E-state index < -0.39 is 0 Å². The molecule has 6 heteroatoms. The number of amides is 1. The number of H-pyrrole nitrogens is 1. The standard InChI is InChI=1S/C19H23ClN2O3/c1-5-25-19(24)18-12(3)15(13(4)21-18)7-9-17(23)22-16-8-6-14(20)10-11(16)2/h6,8,10,21H,5,7,9H2,1-4H3,(H,22,23). The molecule has 2 rings (SSSR count). The van der Waals surface area contributed by atoms with Gasteiger partial charge in [-0.25, -0.2) is 4.79 Å². The molecule has 0 spiro atoms. The highest BCUT2D eigenvalue weighted by Crippen LogP contribution is 2.22. The predicted octanol–water partition coefficient (Wildman–Crippen LogP) is 4.34. The summed E-state index contributed by atoms with van der Waals surface area (Å²) in [5.41, 5.74) is 4.83. The van der Waals surface area contributed by atoms with Crippen molar-refractivity contribution in [3.8, 4) is 0 Å². The molecule has 0 saturated heterocycles. The van der Waals surface area contributed by atoms with Gasteiger partial charge in [-0.3, -0.25) is 4.79 Å². The Kier molecular flexibility index (Phi) is 6.26. The van der Waals surface area contributed by atoms with Gasteiger partial charge in [0.2, 0.25) is 5.91 Å². The third kappa shape index (κ3) is 4.63. The van der Waals surface area contributed by atoms with E-state index in [0.29, 0.717) is 30.2 Å². The average molecular weight is 363 g/mol. The first-order valence-electron chi connectivity index (χ1n) is 8.24. The lowest BCUT2D eigenvalue weighted by molar-refractivity contribution is -0.116. The van der Waals surface area contributed by atoms with E-state index in [9.17, 15) is 9.59 Å². The van der Waals surface area contributed by atoms with E-state index in [2.05, 4.69) is 10.3 Å². The number of nitrogens with one attached hydrogen (secondary N) is 2. The van der Waals surface area contributed by atoms with Gasteiger partial charge in [-0.2, -0.15) is 0 Å². The molecule has 1 amide bonds. The number of carbonyl (C=O) groups is 2. The molecule has 1 aromatic carbocycles. The van der Waals surface area contributed by atoms with Crippen LogP contribution in [0, 0.1) is 20.8 Å². The van der Waals surface area contributed by atoms with Crippen LogP contribution in [0.2, 0.25) is 5.02 Å². The summed E-state index contributed by atoms with van der Waals surface area (Å²) in [6, 6.07) is 5.35. The zero-order valence-corrected chi connectivity index (χ0v) is 15.7. The van der Waals surface area contributed by atoms with E-state index in [4.69, 9.17) is 16.3 Å². The van der Waals surface area contributed by atoms with Crippen LogP contribution in [0.5, 0.6) is 0 Å². The van der Waals surface area contributed by atoms with Crippen LogP contribution in [0.1, 0.15) is 46.2 Å². The molecule has 2 aromatic rings. The Morgan fingerprint density at radius 2 is 1.96 bits per heavy atom. The first-order chi connectivity index (χ1) is 11.8. The number of halogens is 1. The molecule has 2 N–H and O–H groups in total. The second kappa shape index (κ2) is 8.21. The van der Waals surface area contributed by atoms with Crippen molar-refractivity contribution in [2.75, 3.05) is 11.9 Å². The van der Waals surface area contributed by atoms with Gasteiger partial charge in [0.15, 0.2) is 0 Å². The maximum absolute atomic E-state index is 12.2. The Morgan fingerprint density at radius 3 is 2.60 bits per heavy atom. The number of anilines is 1. The highest BCUT2D eigenvalue weighted by atomic mass is 35.5. The fraction of sp³-hybridized carbons (Fsp3) is 0.368. The van der Waals surface area contributed by atoms with Crippen molar-refractivity contribution in [3.05, 3.63) is 51.3 Å². The van der Waals surface area contributed by atoms with Crippen molar-refractivity contribution in [1.29, 1.82) is 0 Å². The van der Waals surface area contributed by atoms with Crippen molar-refractivity contribution in [3.63, 3.8) is 0 Å². The molecule has 25 heavy (non-hydrogen) atoms. The third-order valence-corrected chi connectivity index (χ3v) is 4.37. The van der Waals surface area contributed by atoms with Crippen molar-refractivity contribution >= 4 is 29.2 Å². The van der Waals surface area contributed by atoms with Crippen molar-refractivity contribution in [2.45, 2.75) is 40.5 Å². The van der Waals surface area contributed by atoms with Crippen molar-refractivity contribution < 1.29 is 14.3 Å². The van der Waals surface area contributed by atoms with Crippen LogP contribution >= 0.6 is 11.6 Å². The first kappa shape index (κ1) is 19.1. The Labute approximate surface area is 152 Å². The summed E-state index contributed by atoms with van der Waals surface area (Å²) in [5, 5.41) is 3.54. The predicted molar refractivity (Wildman–Crippen MR) is 99.4 cm³/mol. The highest BCUT2D eigenvalue weighted by molar-refractivity contribution is 6.30. The number of esters is 1. The summed E-state index contributed by atoms with van der Waals surface area (Å²) in [7, 11) is 0. The monoisotopic (exact) mass is 362 g/mol. The SMILES string of the molecule is CCOC(=O)c1[nH]c(C)c(CCC(=O)Nc2ccc(Cl)cc2C)c1C. The molecule has 0 atom stereocenters. The van der Waals surface area contributed by atoms with Gasteiger partial charge < -0.3 is 15.0 Å². The molecule has 0 aliphatic rings. The summed E-state index contributed by atoms with van der Waals surface area (Å²) < 4.78 is 5.04. The zero-order chi connectivity index (χ0) is 18.6. The third-order valence-electron chi connectivity index (χ3n) is 4.14. The summed E-state index contributed by atoms with van der Waals surface area (Å²) in [6.45, 7) is 7.76. The largest absolute Gasteiger partial charge is 0.461 e. The van der Waals surface area contributed by atoms with Gasteiger partial charge in [-0.05, 0) is 69.0 Å². The molecule has 0 aliphatic carbocycles. The van der Waals surface area contributed by atoms with E-state index >= 15 is 0 Å². The lowest BCUT2D eigenvalue weighted by Gasteiger charge is -2.09. The van der Waals surface area contributed by atoms with Gasteiger partial charge in [-0.15, -0.1) is 0 Å². The quantitative estimate of drug-likeness (QED) is 0.751. The van der Waals surface area contributed by atoms with Crippen LogP contribution in [0.3, 0.4) is 0 Å². The molecule has 5 nitrogen and oxygen atoms in total. The van der Waals surface area contributed by atoms with Crippen LogP contribution in [0.15, 0.2) is 18.2 Å². The van der Waals surface area contributed by atoms with Gasteiger partial charge in [0, 0.05) is 22.8 Å². The number of hydrogen-bond acceptors (Lipinski definition) is 3. The fourth-order valence-electron chi connectivity index (χ4n) is 2.79. The van der Waals surface area contributed by atoms with Crippen molar-refractivity contribution in [2.24, 2.45) is 0 Å². The first-order valence-corrected chi connectivity index (χ1v) is 8.62. The number of rotatable bonds is 6. The molecule has 1 heterocycles. The van der Waals surface area contributed by atoms with Crippen LogP contribution in [-0.4, -0.2) is 23.5 Å². The topological polar surface area (TPSA) is 71.2 Å². The molecule has 0 radical (unpaired) electrons. The van der Waals surface area contributed by atoms with Crippen molar-refractivity contribution in [1.82, 2.24) is 4.98 Å². The Bertz CT molecular complexity index is 796. The summed E-state index contributed by atoms with van der Waals surface area (Å²) in [6.07, 6.45) is 0.871. The molecule has 0 fully saturated rings. The zero-order valence-electron chi connectivity index (χ0n) is 15.0. The molecule has 1 aromatic heterocycles.